The summed E-state index contributed by atoms with van der Waals surface area (Å²) < 4.78 is 0.667. The van der Waals surface area contributed by atoms with Crippen LogP contribution in [-0.2, 0) is 9.59 Å². The number of halogens is 1. The van der Waals surface area contributed by atoms with Gasteiger partial charge in [0.25, 0.3) is 0 Å². The van der Waals surface area contributed by atoms with Crippen molar-refractivity contribution in [2.24, 2.45) is 4.99 Å². The normalized spacial score (nSPS) is 18.2. The van der Waals surface area contributed by atoms with Gasteiger partial charge in [0.15, 0.2) is 0 Å². The summed E-state index contributed by atoms with van der Waals surface area (Å²) in [7, 11) is 0. The number of fused-ring (bicyclic) bond motifs is 2. The lowest BCUT2D eigenvalue weighted by molar-refractivity contribution is -0.128. The molecule has 0 unspecified atom stereocenters. The van der Waals surface area contributed by atoms with Crippen LogP contribution in [0.1, 0.15) is 12.8 Å². The van der Waals surface area contributed by atoms with Crippen molar-refractivity contribution in [1.29, 1.82) is 0 Å². The Kier molecular flexibility index (Phi) is 3.33. The molecule has 0 N–H and O–H groups in total. The predicted molar refractivity (Wildman–Crippen MR) is 88.0 cm³/mol. The van der Waals surface area contributed by atoms with Crippen molar-refractivity contribution >= 4 is 50.4 Å². The fourth-order valence-corrected chi connectivity index (χ4v) is 3.46. The second-order valence-corrected chi connectivity index (χ2v) is 6.07. The van der Waals surface area contributed by atoms with Gasteiger partial charge in [-0.25, -0.2) is 4.90 Å². The third-order valence-corrected chi connectivity index (χ3v) is 4.70. The highest BCUT2D eigenvalue weighted by Crippen LogP contribution is 2.34. The first-order valence-electron chi connectivity index (χ1n) is 7.24. The maximum absolute atomic E-state index is 12.6. The standard InChI is InChI=1S/C15H12BrN5O2/c16-13-10(2-1-9-14(13)18-6-5-17-9)21-12(23)4-3-11(22)20-8-7-19-15(20)21/h1-2,5-6H,3-4,7-8H2. The van der Waals surface area contributed by atoms with Gasteiger partial charge in [-0.15, -0.1) is 0 Å². The number of aliphatic imine (C=N–C) groups is 1. The average molecular weight is 374 g/mol. The van der Waals surface area contributed by atoms with Crippen molar-refractivity contribution in [2.75, 3.05) is 18.0 Å². The average Bonchev–Trinajstić information content (AvgIpc) is 3.00. The molecule has 0 saturated carbocycles. The topological polar surface area (TPSA) is 78.8 Å². The van der Waals surface area contributed by atoms with Crippen LogP contribution in [0.15, 0.2) is 34.0 Å². The van der Waals surface area contributed by atoms with Crippen LogP contribution >= 0.6 is 15.9 Å². The van der Waals surface area contributed by atoms with E-state index < -0.39 is 0 Å². The molecular formula is C15H12BrN5O2. The molecule has 2 amide bonds. The van der Waals surface area contributed by atoms with Crippen LogP contribution in [0, 0.1) is 0 Å². The molecular weight excluding hydrogens is 362 g/mol. The third kappa shape index (κ3) is 2.21. The highest BCUT2D eigenvalue weighted by molar-refractivity contribution is 9.10. The largest absolute Gasteiger partial charge is 0.280 e. The van der Waals surface area contributed by atoms with E-state index in [4.69, 9.17) is 0 Å². The Morgan fingerprint density at radius 3 is 2.70 bits per heavy atom. The Morgan fingerprint density at radius 1 is 1.04 bits per heavy atom. The van der Waals surface area contributed by atoms with Crippen LogP contribution in [0.4, 0.5) is 5.69 Å². The molecule has 2 aliphatic rings. The predicted octanol–water partition coefficient (Wildman–Crippen LogP) is 1.72. The van der Waals surface area contributed by atoms with Gasteiger partial charge in [-0.05, 0) is 28.1 Å². The number of amides is 2. The lowest BCUT2D eigenvalue weighted by Crippen LogP contribution is -2.45. The Hall–Kier alpha value is -2.35. The van der Waals surface area contributed by atoms with Crippen molar-refractivity contribution in [1.82, 2.24) is 14.9 Å². The van der Waals surface area contributed by atoms with Gasteiger partial charge in [0.05, 0.1) is 22.2 Å². The Morgan fingerprint density at radius 2 is 1.83 bits per heavy atom. The first kappa shape index (κ1) is 14.3. The van der Waals surface area contributed by atoms with E-state index in [1.807, 2.05) is 6.07 Å². The molecule has 1 fully saturated rings. The molecule has 1 saturated heterocycles. The molecule has 0 bridgehead atoms. The number of carbonyl (C=O) groups is 2. The van der Waals surface area contributed by atoms with E-state index >= 15 is 0 Å². The number of hydrogen-bond donors (Lipinski definition) is 0. The number of nitrogens with zero attached hydrogens (tertiary/aromatic N) is 5. The van der Waals surface area contributed by atoms with Gasteiger partial charge >= 0.3 is 0 Å². The van der Waals surface area contributed by atoms with Gasteiger partial charge < -0.3 is 0 Å². The summed E-state index contributed by atoms with van der Waals surface area (Å²) in [5.74, 6) is 0.195. The molecule has 0 atom stereocenters. The zero-order valence-corrected chi connectivity index (χ0v) is 13.7. The molecule has 23 heavy (non-hydrogen) atoms. The summed E-state index contributed by atoms with van der Waals surface area (Å²) in [4.78, 5) is 40.8. The minimum atomic E-state index is -0.148. The summed E-state index contributed by atoms with van der Waals surface area (Å²) in [6.07, 6.45) is 3.59. The van der Waals surface area contributed by atoms with Crippen LogP contribution in [0.2, 0.25) is 0 Å². The fraction of sp³-hybridized carbons (Fsp3) is 0.267. The van der Waals surface area contributed by atoms with E-state index in [0.29, 0.717) is 34.7 Å². The van der Waals surface area contributed by atoms with E-state index in [1.165, 1.54) is 4.90 Å². The molecule has 2 aromatic rings. The first-order chi connectivity index (χ1) is 11.2. The second-order valence-electron chi connectivity index (χ2n) is 5.28. The molecule has 0 aliphatic carbocycles. The number of anilines is 1. The number of guanidine groups is 1. The minimum absolute atomic E-state index is 0.0613. The highest BCUT2D eigenvalue weighted by atomic mass is 79.9. The quantitative estimate of drug-likeness (QED) is 0.762. The maximum Gasteiger partial charge on any atom is 0.234 e. The summed E-state index contributed by atoms with van der Waals surface area (Å²) in [6, 6.07) is 3.61. The molecule has 1 aromatic carbocycles. The Labute approximate surface area is 140 Å². The van der Waals surface area contributed by atoms with Gasteiger partial charge in [-0.2, -0.15) is 0 Å². The lowest BCUT2D eigenvalue weighted by atomic mass is 10.2. The molecule has 0 radical (unpaired) electrons. The van der Waals surface area contributed by atoms with E-state index in [-0.39, 0.29) is 24.7 Å². The zero-order chi connectivity index (χ0) is 16.0. The molecule has 7 nitrogen and oxygen atoms in total. The van der Waals surface area contributed by atoms with Crippen molar-refractivity contribution in [3.8, 4) is 0 Å². The van der Waals surface area contributed by atoms with Crippen molar-refractivity contribution < 1.29 is 9.59 Å². The molecule has 1 aromatic heterocycles. The first-order valence-corrected chi connectivity index (χ1v) is 8.03. The van der Waals surface area contributed by atoms with Crippen LogP contribution in [0.25, 0.3) is 11.0 Å². The van der Waals surface area contributed by atoms with Crippen molar-refractivity contribution in [3.63, 3.8) is 0 Å². The van der Waals surface area contributed by atoms with Crippen LogP contribution in [0.3, 0.4) is 0 Å². The monoisotopic (exact) mass is 373 g/mol. The highest BCUT2D eigenvalue weighted by Gasteiger charge is 2.37. The van der Waals surface area contributed by atoms with E-state index in [0.717, 1.165) is 5.52 Å². The van der Waals surface area contributed by atoms with E-state index in [2.05, 4.69) is 30.9 Å². The van der Waals surface area contributed by atoms with Crippen LogP contribution in [0.5, 0.6) is 0 Å². The molecule has 8 heteroatoms. The van der Waals surface area contributed by atoms with Gasteiger partial charge in [0, 0.05) is 31.8 Å². The van der Waals surface area contributed by atoms with Crippen LogP contribution < -0.4 is 4.90 Å². The summed E-state index contributed by atoms with van der Waals surface area (Å²) in [5, 5.41) is 0. The van der Waals surface area contributed by atoms with Crippen molar-refractivity contribution in [3.05, 3.63) is 29.0 Å². The van der Waals surface area contributed by atoms with Crippen molar-refractivity contribution in [2.45, 2.75) is 12.8 Å². The van der Waals surface area contributed by atoms with E-state index in [1.54, 1.807) is 23.4 Å². The fourth-order valence-electron chi connectivity index (χ4n) is 2.84. The lowest BCUT2D eigenvalue weighted by Gasteiger charge is -2.26. The van der Waals surface area contributed by atoms with E-state index in [9.17, 15) is 9.59 Å². The number of rotatable bonds is 1. The number of carbonyl (C=O) groups excluding carboxylic acids is 2. The smallest absolute Gasteiger partial charge is 0.234 e. The zero-order valence-electron chi connectivity index (χ0n) is 12.1. The van der Waals surface area contributed by atoms with Gasteiger partial charge in [-0.1, -0.05) is 0 Å². The molecule has 116 valence electrons. The Balaban J connectivity index is 1.89. The summed E-state index contributed by atoms with van der Waals surface area (Å²) in [6.45, 7) is 1.03. The molecule has 0 spiro atoms. The van der Waals surface area contributed by atoms with Gasteiger partial charge in [0.2, 0.25) is 17.8 Å². The summed E-state index contributed by atoms with van der Waals surface area (Å²) in [5.41, 5.74) is 2.02. The number of benzene rings is 1. The number of hydrogen-bond acceptors (Lipinski definition) is 5. The molecule has 3 heterocycles. The second kappa shape index (κ2) is 5.38. The van der Waals surface area contributed by atoms with Gasteiger partial charge in [0.1, 0.15) is 5.52 Å². The minimum Gasteiger partial charge on any atom is -0.280 e. The molecule has 4 rings (SSSR count). The van der Waals surface area contributed by atoms with Crippen LogP contribution in [-0.4, -0.2) is 45.7 Å². The Bertz CT molecular complexity index is 866. The number of aromatic nitrogens is 2. The van der Waals surface area contributed by atoms with Gasteiger partial charge in [-0.3, -0.25) is 29.4 Å². The SMILES string of the molecule is O=C1CCC(=O)N(c2ccc3nccnc3c2Br)C2=NCCN12. The maximum atomic E-state index is 12.6. The summed E-state index contributed by atoms with van der Waals surface area (Å²) >= 11 is 3.53. The third-order valence-electron chi connectivity index (χ3n) is 3.92. The molecule has 2 aliphatic heterocycles.